The zero-order valence-corrected chi connectivity index (χ0v) is 18.0. The monoisotopic (exact) mass is 393 g/mol. The van der Waals surface area contributed by atoms with E-state index in [1.54, 1.807) is 6.20 Å². The summed E-state index contributed by atoms with van der Waals surface area (Å²) in [5.74, 6) is 1.34. The van der Waals surface area contributed by atoms with Crippen LogP contribution in [0.5, 0.6) is 5.88 Å². The van der Waals surface area contributed by atoms with E-state index in [0.717, 1.165) is 24.5 Å². The number of hydrogen-bond donors (Lipinski definition) is 3. The molecule has 1 aromatic heterocycles. The number of carbonyl (C=O) groups is 1. The molecule has 158 valence electrons. The number of rotatable bonds is 9. The van der Waals surface area contributed by atoms with Crippen LogP contribution >= 0.6 is 0 Å². The Bertz CT molecular complexity index is 609. The van der Waals surface area contributed by atoms with Gasteiger partial charge in [0.15, 0.2) is 5.96 Å². The van der Waals surface area contributed by atoms with Gasteiger partial charge in [0.2, 0.25) is 5.88 Å². The fourth-order valence-electron chi connectivity index (χ4n) is 2.13. The quantitative estimate of drug-likeness (QED) is 0.339. The molecule has 0 saturated carbocycles. The van der Waals surface area contributed by atoms with Gasteiger partial charge in [-0.25, -0.2) is 14.8 Å². The van der Waals surface area contributed by atoms with Crippen LogP contribution in [0.25, 0.3) is 0 Å². The zero-order valence-electron chi connectivity index (χ0n) is 18.0. The first-order valence-corrected chi connectivity index (χ1v) is 9.80. The second kappa shape index (κ2) is 12.0. The number of pyridine rings is 1. The average Bonchev–Trinajstić information content (AvgIpc) is 2.58. The fraction of sp³-hybridized carbons (Fsp3) is 0.650. The van der Waals surface area contributed by atoms with E-state index in [2.05, 4.69) is 25.9 Å². The minimum Gasteiger partial charge on any atom is -0.475 e. The highest BCUT2D eigenvalue weighted by molar-refractivity contribution is 5.79. The van der Waals surface area contributed by atoms with Gasteiger partial charge in [0.05, 0.1) is 12.6 Å². The van der Waals surface area contributed by atoms with Crippen LogP contribution in [0.15, 0.2) is 23.3 Å². The van der Waals surface area contributed by atoms with E-state index < -0.39 is 11.7 Å². The molecule has 1 rings (SSSR count). The highest BCUT2D eigenvalue weighted by Gasteiger charge is 2.15. The van der Waals surface area contributed by atoms with Gasteiger partial charge in [0.25, 0.3) is 0 Å². The Labute approximate surface area is 168 Å². The highest BCUT2D eigenvalue weighted by atomic mass is 16.6. The molecule has 0 unspecified atom stereocenters. The number of hydrogen-bond acceptors (Lipinski definition) is 5. The van der Waals surface area contributed by atoms with Gasteiger partial charge in [-0.15, -0.1) is 0 Å². The van der Waals surface area contributed by atoms with E-state index in [9.17, 15) is 4.79 Å². The minimum absolute atomic E-state index is 0.103. The number of nitrogens with zero attached hydrogens (tertiary/aromatic N) is 2. The van der Waals surface area contributed by atoms with E-state index in [1.807, 2.05) is 53.7 Å². The predicted octanol–water partition coefficient (Wildman–Crippen LogP) is 2.84. The van der Waals surface area contributed by atoms with Crippen molar-refractivity contribution < 1.29 is 14.3 Å². The molecule has 3 N–H and O–H groups in total. The van der Waals surface area contributed by atoms with Crippen molar-refractivity contribution in [1.29, 1.82) is 0 Å². The molecule has 0 fully saturated rings. The van der Waals surface area contributed by atoms with Crippen LogP contribution in [0.2, 0.25) is 0 Å². The lowest BCUT2D eigenvalue weighted by atomic mass is 10.2. The van der Waals surface area contributed by atoms with E-state index >= 15 is 0 Å². The van der Waals surface area contributed by atoms with Crippen molar-refractivity contribution in [2.75, 3.05) is 19.6 Å². The molecule has 1 amide bonds. The molecule has 1 heterocycles. The third-order valence-electron chi connectivity index (χ3n) is 3.23. The molecule has 8 heteroatoms. The van der Waals surface area contributed by atoms with Crippen molar-refractivity contribution in [2.45, 2.75) is 66.2 Å². The molecule has 0 saturated heterocycles. The van der Waals surface area contributed by atoms with Gasteiger partial charge >= 0.3 is 6.09 Å². The Morgan fingerprint density at radius 3 is 2.46 bits per heavy atom. The van der Waals surface area contributed by atoms with Crippen LogP contribution in [0.3, 0.4) is 0 Å². The Morgan fingerprint density at radius 2 is 1.89 bits per heavy atom. The number of carbonyl (C=O) groups excluding carboxylic acids is 1. The van der Waals surface area contributed by atoms with Crippen LogP contribution < -0.4 is 20.7 Å². The van der Waals surface area contributed by atoms with Crippen LogP contribution in [-0.2, 0) is 11.3 Å². The van der Waals surface area contributed by atoms with Crippen molar-refractivity contribution in [3.8, 4) is 5.88 Å². The topological polar surface area (TPSA) is 96.9 Å². The number of guanidine groups is 1. The highest BCUT2D eigenvalue weighted by Crippen LogP contribution is 2.10. The fourth-order valence-corrected chi connectivity index (χ4v) is 2.13. The van der Waals surface area contributed by atoms with E-state index in [1.165, 1.54) is 0 Å². The summed E-state index contributed by atoms with van der Waals surface area (Å²) < 4.78 is 10.7. The molecule has 1 aromatic rings. The number of nitrogens with one attached hydrogen (secondary N) is 3. The van der Waals surface area contributed by atoms with Gasteiger partial charge in [0, 0.05) is 31.9 Å². The van der Waals surface area contributed by atoms with Crippen molar-refractivity contribution in [3.05, 3.63) is 23.9 Å². The normalized spacial score (nSPS) is 11.9. The summed E-state index contributed by atoms with van der Waals surface area (Å²) in [7, 11) is 0. The Morgan fingerprint density at radius 1 is 1.18 bits per heavy atom. The number of aliphatic imine (C=N–C) groups is 1. The third-order valence-corrected chi connectivity index (χ3v) is 3.23. The first kappa shape index (κ1) is 23.5. The molecule has 0 spiro atoms. The first-order chi connectivity index (χ1) is 13.2. The predicted molar refractivity (Wildman–Crippen MR) is 112 cm³/mol. The molecule has 0 aliphatic rings. The molecule has 0 aliphatic heterocycles. The number of aromatic nitrogens is 1. The lowest BCUT2D eigenvalue weighted by molar-refractivity contribution is 0.0527. The third kappa shape index (κ3) is 11.3. The standard InChI is InChI=1S/C20H35N5O3/c1-7-21-18(22-11-8-12-23-19(26)28-20(4,5)6)25-14-16-9-10-17(24-13-16)27-15(2)3/h9-10,13,15H,7-8,11-12,14H2,1-6H3,(H,23,26)(H2,21,22,25). The van der Waals surface area contributed by atoms with E-state index in [-0.39, 0.29) is 6.10 Å². The maximum absolute atomic E-state index is 11.6. The average molecular weight is 394 g/mol. The summed E-state index contributed by atoms with van der Waals surface area (Å²) in [6.45, 7) is 14.0. The van der Waals surface area contributed by atoms with Crippen LogP contribution in [0, 0.1) is 0 Å². The van der Waals surface area contributed by atoms with Gasteiger partial charge in [-0.3, -0.25) is 0 Å². The maximum Gasteiger partial charge on any atom is 0.407 e. The smallest absolute Gasteiger partial charge is 0.407 e. The maximum atomic E-state index is 11.6. The molecular formula is C20H35N5O3. The second-order valence-corrected chi connectivity index (χ2v) is 7.58. The minimum atomic E-state index is -0.485. The van der Waals surface area contributed by atoms with Crippen molar-refractivity contribution in [2.24, 2.45) is 4.99 Å². The molecular weight excluding hydrogens is 358 g/mol. The van der Waals surface area contributed by atoms with Crippen LogP contribution in [0.1, 0.15) is 53.5 Å². The number of amides is 1. The van der Waals surface area contributed by atoms with Gasteiger partial charge < -0.3 is 25.4 Å². The van der Waals surface area contributed by atoms with Gasteiger partial charge in [-0.05, 0) is 53.5 Å². The first-order valence-electron chi connectivity index (χ1n) is 9.80. The van der Waals surface area contributed by atoms with Crippen LogP contribution in [0.4, 0.5) is 4.79 Å². The van der Waals surface area contributed by atoms with E-state index in [4.69, 9.17) is 9.47 Å². The van der Waals surface area contributed by atoms with Crippen molar-refractivity contribution >= 4 is 12.1 Å². The lowest BCUT2D eigenvalue weighted by Gasteiger charge is -2.19. The molecule has 0 atom stereocenters. The molecule has 0 aliphatic carbocycles. The molecule has 0 radical (unpaired) electrons. The largest absolute Gasteiger partial charge is 0.475 e. The van der Waals surface area contributed by atoms with Crippen LogP contribution in [-0.4, -0.2) is 48.4 Å². The summed E-state index contributed by atoms with van der Waals surface area (Å²) in [6.07, 6.45) is 2.23. The SMILES string of the molecule is CCNC(=NCc1ccc(OC(C)C)nc1)NCCCNC(=O)OC(C)(C)C. The summed E-state index contributed by atoms with van der Waals surface area (Å²) >= 11 is 0. The summed E-state index contributed by atoms with van der Waals surface area (Å²) in [5, 5.41) is 9.19. The Hall–Kier alpha value is -2.51. The molecule has 0 bridgehead atoms. The number of ether oxygens (including phenoxy) is 2. The Balaban J connectivity index is 2.38. The second-order valence-electron chi connectivity index (χ2n) is 7.58. The van der Waals surface area contributed by atoms with Gasteiger partial charge in [0.1, 0.15) is 5.60 Å². The van der Waals surface area contributed by atoms with Gasteiger partial charge in [-0.1, -0.05) is 6.07 Å². The summed E-state index contributed by atoms with van der Waals surface area (Å²) in [6, 6.07) is 3.82. The van der Waals surface area contributed by atoms with E-state index in [0.29, 0.717) is 25.5 Å². The molecule has 28 heavy (non-hydrogen) atoms. The summed E-state index contributed by atoms with van der Waals surface area (Å²) in [5.41, 5.74) is 0.515. The molecule has 0 aromatic carbocycles. The molecule has 8 nitrogen and oxygen atoms in total. The summed E-state index contributed by atoms with van der Waals surface area (Å²) in [4.78, 5) is 20.4. The zero-order chi connectivity index (χ0) is 21.0. The number of alkyl carbamates (subject to hydrolysis) is 1. The van der Waals surface area contributed by atoms with Gasteiger partial charge in [-0.2, -0.15) is 0 Å². The van der Waals surface area contributed by atoms with Crippen molar-refractivity contribution in [3.63, 3.8) is 0 Å². The lowest BCUT2D eigenvalue weighted by Crippen LogP contribution is -2.39. The van der Waals surface area contributed by atoms with Crippen molar-refractivity contribution in [1.82, 2.24) is 20.9 Å². The Kier molecular flexibility index (Phi) is 10.1.